The molecule has 0 bridgehead atoms. The number of halogens is 1. The Morgan fingerprint density at radius 1 is 1.47 bits per heavy atom. The second-order valence-electron chi connectivity index (χ2n) is 4.25. The number of rotatable bonds is 5. The van der Waals surface area contributed by atoms with Gasteiger partial charge in [-0.25, -0.2) is 4.79 Å². The standard InChI is InChI=1S/C13H17ClN2O3/c1-8(15)3-6-12(17)16-11-7-9(13(18)19-2)4-5-10(11)14/h4-5,7-8H,3,6,15H2,1-2H3,(H,16,17). The van der Waals surface area contributed by atoms with Crippen LogP contribution in [0.3, 0.4) is 0 Å². The SMILES string of the molecule is COC(=O)c1ccc(Cl)c(NC(=O)CCC(C)N)c1. The third-order valence-electron chi connectivity index (χ3n) is 2.49. The highest BCUT2D eigenvalue weighted by atomic mass is 35.5. The lowest BCUT2D eigenvalue weighted by molar-refractivity contribution is -0.116. The Kier molecular flexibility index (Phi) is 5.79. The Morgan fingerprint density at radius 2 is 2.16 bits per heavy atom. The van der Waals surface area contributed by atoms with Crippen LogP contribution in [-0.4, -0.2) is 25.0 Å². The van der Waals surface area contributed by atoms with Gasteiger partial charge in [0.2, 0.25) is 5.91 Å². The van der Waals surface area contributed by atoms with E-state index in [1.165, 1.54) is 25.3 Å². The molecular formula is C13H17ClN2O3. The van der Waals surface area contributed by atoms with Gasteiger partial charge in [0.05, 0.1) is 23.4 Å². The summed E-state index contributed by atoms with van der Waals surface area (Å²) in [7, 11) is 1.29. The first kappa shape index (κ1) is 15.5. The molecule has 6 heteroatoms. The Bertz CT molecular complexity index is 475. The van der Waals surface area contributed by atoms with Gasteiger partial charge in [-0.15, -0.1) is 0 Å². The quantitative estimate of drug-likeness (QED) is 0.812. The maximum Gasteiger partial charge on any atom is 0.337 e. The number of amides is 1. The van der Waals surface area contributed by atoms with Crippen LogP contribution in [0.1, 0.15) is 30.1 Å². The number of carbonyl (C=O) groups is 2. The van der Waals surface area contributed by atoms with Crippen LogP contribution in [0, 0.1) is 0 Å². The van der Waals surface area contributed by atoms with Crippen molar-refractivity contribution in [3.05, 3.63) is 28.8 Å². The molecule has 1 rings (SSSR count). The van der Waals surface area contributed by atoms with Gasteiger partial charge in [0, 0.05) is 12.5 Å². The van der Waals surface area contributed by atoms with Gasteiger partial charge in [0.15, 0.2) is 0 Å². The highest BCUT2D eigenvalue weighted by Gasteiger charge is 2.11. The summed E-state index contributed by atoms with van der Waals surface area (Å²) in [5.74, 6) is -0.677. The number of nitrogens with one attached hydrogen (secondary N) is 1. The fraction of sp³-hybridized carbons (Fsp3) is 0.385. The van der Waals surface area contributed by atoms with Gasteiger partial charge < -0.3 is 15.8 Å². The van der Waals surface area contributed by atoms with Crippen LogP contribution in [0.25, 0.3) is 0 Å². The van der Waals surface area contributed by atoms with Crippen molar-refractivity contribution in [2.75, 3.05) is 12.4 Å². The van der Waals surface area contributed by atoms with Gasteiger partial charge in [-0.1, -0.05) is 11.6 Å². The van der Waals surface area contributed by atoms with Crippen molar-refractivity contribution in [2.24, 2.45) is 5.73 Å². The van der Waals surface area contributed by atoms with Crippen LogP contribution in [0.5, 0.6) is 0 Å². The molecule has 1 atom stereocenters. The highest BCUT2D eigenvalue weighted by Crippen LogP contribution is 2.23. The lowest BCUT2D eigenvalue weighted by atomic mass is 10.1. The van der Waals surface area contributed by atoms with Crippen molar-refractivity contribution in [1.82, 2.24) is 0 Å². The summed E-state index contributed by atoms with van der Waals surface area (Å²) < 4.78 is 4.60. The van der Waals surface area contributed by atoms with Crippen LogP contribution < -0.4 is 11.1 Å². The second kappa shape index (κ2) is 7.11. The fourth-order valence-corrected chi connectivity index (χ4v) is 1.60. The predicted molar refractivity (Wildman–Crippen MR) is 74.3 cm³/mol. The lowest BCUT2D eigenvalue weighted by Crippen LogP contribution is -2.19. The van der Waals surface area contributed by atoms with E-state index >= 15 is 0 Å². The summed E-state index contributed by atoms with van der Waals surface area (Å²) >= 11 is 5.96. The Morgan fingerprint density at radius 3 is 2.74 bits per heavy atom. The van der Waals surface area contributed by atoms with Crippen LogP contribution in [0.2, 0.25) is 5.02 Å². The average Bonchev–Trinajstić information content (AvgIpc) is 2.38. The van der Waals surface area contributed by atoms with E-state index in [-0.39, 0.29) is 11.9 Å². The molecule has 0 fully saturated rings. The zero-order valence-corrected chi connectivity index (χ0v) is 11.7. The van der Waals surface area contributed by atoms with Crippen molar-refractivity contribution >= 4 is 29.2 Å². The van der Waals surface area contributed by atoms with Gasteiger partial charge in [-0.3, -0.25) is 4.79 Å². The van der Waals surface area contributed by atoms with E-state index in [1.807, 2.05) is 6.92 Å². The largest absolute Gasteiger partial charge is 0.465 e. The van der Waals surface area contributed by atoms with Gasteiger partial charge in [-0.05, 0) is 31.5 Å². The Hall–Kier alpha value is -1.59. The summed E-state index contributed by atoms with van der Waals surface area (Å²) in [5.41, 5.74) is 6.29. The molecule has 0 aliphatic heterocycles. The van der Waals surface area contributed by atoms with Crippen molar-refractivity contribution in [3.63, 3.8) is 0 Å². The van der Waals surface area contributed by atoms with Gasteiger partial charge >= 0.3 is 5.97 Å². The monoisotopic (exact) mass is 284 g/mol. The van der Waals surface area contributed by atoms with Crippen LogP contribution in [0.4, 0.5) is 5.69 Å². The smallest absolute Gasteiger partial charge is 0.337 e. The normalized spacial score (nSPS) is 11.8. The topological polar surface area (TPSA) is 81.4 Å². The van der Waals surface area contributed by atoms with Crippen LogP contribution >= 0.6 is 11.6 Å². The molecule has 0 aliphatic carbocycles. The van der Waals surface area contributed by atoms with Gasteiger partial charge in [0.25, 0.3) is 0 Å². The average molecular weight is 285 g/mol. The first-order valence-corrected chi connectivity index (χ1v) is 6.25. The molecule has 1 aromatic rings. The molecule has 0 heterocycles. The molecule has 1 aromatic carbocycles. The third kappa shape index (κ3) is 4.89. The molecule has 0 saturated carbocycles. The van der Waals surface area contributed by atoms with Crippen molar-refractivity contribution in [1.29, 1.82) is 0 Å². The number of benzene rings is 1. The van der Waals surface area contributed by atoms with Crippen molar-refractivity contribution in [2.45, 2.75) is 25.8 Å². The Balaban J connectivity index is 2.77. The number of esters is 1. The first-order valence-electron chi connectivity index (χ1n) is 5.87. The molecule has 0 aliphatic rings. The van der Waals surface area contributed by atoms with Crippen molar-refractivity contribution < 1.29 is 14.3 Å². The van der Waals surface area contributed by atoms with E-state index in [4.69, 9.17) is 17.3 Å². The number of ether oxygens (including phenoxy) is 1. The van der Waals surface area contributed by atoms with E-state index in [2.05, 4.69) is 10.1 Å². The number of carbonyl (C=O) groups excluding carboxylic acids is 2. The maximum atomic E-state index is 11.7. The molecule has 0 aromatic heterocycles. The molecule has 104 valence electrons. The summed E-state index contributed by atoms with van der Waals surface area (Å²) in [6.45, 7) is 1.83. The highest BCUT2D eigenvalue weighted by molar-refractivity contribution is 6.33. The van der Waals surface area contributed by atoms with E-state index < -0.39 is 5.97 Å². The fourth-order valence-electron chi connectivity index (χ4n) is 1.44. The molecule has 19 heavy (non-hydrogen) atoms. The Labute approximate surface area is 117 Å². The van der Waals surface area contributed by atoms with E-state index in [0.717, 1.165) is 0 Å². The van der Waals surface area contributed by atoms with Gasteiger partial charge in [0.1, 0.15) is 0 Å². The minimum Gasteiger partial charge on any atom is -0.465 e. The number of methoxy groups -OCH3 is 1. The second-order valence-corrected chi connectivity index (χ2v) is 4.66. The van der Waals surface area contributed by atoms with Crippen molar-refractivity contribution in [3.8, 4) is 0 Å². The predicted octanol–water partition coefficient (Wildman–Crippen LogP) is 2.19. The van der Waals surface area contributed by atoms with Gasteiger partial charge in [-0.2, -0.15) is 0 Å². The maximum absolute atomic E-state index is 11.7. The summed E-state index contributed by atoms with van der Waals surface area (Å²) in [6.07, 6.45) is 0.886. The van der Waals surface area contributed by atoms with E-state index in [9.17, 15) is 9.59 Å². The third-order valence-corrected chi connectivity index (χ3v) is 2.82. The molecule has 0 radical (unpaired) electrons. The molecule has 0 saturated heterocycles. The summed E-state index contributed by atoms with van der Waals surface area (Å²) in [4.78, 5) is 23.1. The number of hydrogen-bond donors (Lipinski definition) is 2. The molecule has 5 nitrogen and oxygen atoms in total. The molecule has 3 N–H and O–H groups in total. The molecule has 1 amide bonds. The molecule has 1 unspecified atom stereocenters. The minimum absolute atomic E-state index is 0.0392. The zero-order chi connectivity index (χ0) is 14.4. The number of nitrogens with two attached hydrogens (primary N) is 1. The minimum atomic E-state index is -0.484. The summed E-state index contributed by atoms with van der Waals surface area (Å²) in [5, 5.41) is 3.01. The van der Waals surface area contributed by atoms with E-state index in [0.29, 0.717) is 29.1 Å². The molecular weight excluding hydrogens is 268 g/mol. The first-order chi connectivity index (χ1) is 8.93. The lowest BCUT2D eigenvalue weighted by Gasteiger charge is -2.09. The van der Waals surface area contributed by atoms with Crippen LogP contribution in [-0.2, 0) is 9.53 Å². The van der Waals surface area contributed by atoms with Crippen LogP contribution in [0.15, 0.2) is 18.2 Å². The summed E-state index contributed by atoms with van der Waals surface area (Å²) in [6, 6.07) is 4.52. The zero-order valence-electron chi connectivity index (χ0n) is 10.9. The number of anilines is 1. The molecule has 0 spiro atoms. The number of hydrogen-bond acceptors (Lipinski definition) is 4. The van der Waals surface area contributed by atoms with E-state index in [1.54, 1.807) is 0 Å².